The van der Waals surface area contributed by atoms with Crippen molar-refractivity contribution in [3.05, 3.63) is 0 Å². The number of ether oxygens (including phenoxy) is 1. The first-order chi connectivity index (χ1) is 10.2. The molecule has 0 aromatic carbocycles. The Kier molecular flexibility index (Phi) is 3.59. The van der Waals surface area contributed by atoms with E-state index in [2.05, 4.69) is 13.8 Å². The summed E-state index contributed by atoms with van der Waals surface area (Å²) in [6, 6.07) is 0. The normalized spacial score (nSPS) is 48.9. The number of hydrogen-bond donors (Lipinski definition) is 0. The van der Waals surface area contributed by atoms with Crippen LogP contribution < -0.4 is 0 Å². The first-order valence-electron chi connectivity index (χ1n) is 9.23. The molecule has 4 fully saturated rings. The Bertz CT molecular complexity index is 372. The molecule has 120 valence electrons. The molecule has 0 N–H and O–H groups in total. The predicted octanol–water partition coefficient (Wildman–Crippen LogP) is 4.80. The van der Waals surface area contributed by atoms with Gasteiger partial charge in [-0.05, 0) is 50.4 Å². The molecule has 4 rings (SSSR count). The summed E-state index contributed by atoms with van der Waals surface area (Å²) < 4.78 is 6.68. The molecule has 3 aliphatic carbocycles. The van der Waals surface area contributed by atoms with Crippen molar-refractivity contribution in [3.63, 3.8) is 0 Å². The monoisotopic (exact) mass is 294 g/mol. The second-order valence-electron chi connectivity index (χ2n) is 8.18. The van der Waals surface area contributed by atoms with Crippen molar-refractivity contribution in [2.24, 2.45) is 23.7 Å². The molecule has 2 unspecified atom stereocenters. The van der Waals surface area contributed by atoms with Crippen LogP contribution in [0.5, 0.6) is 0 Å². The Morgan fingerprint density at radius 3 is 2.19 bits per heavy atom. The van der Waals surface area contributed by atoms with E-state index in [0.29, 0.717) is 11.8 Å². The minimum atomic E-state index is -0.408. The summed E-state index contributed by atoms with van der Waals surface area (Å²) >= 11 is 0. The summed E-state index contributed by atoms with van der Waals surface area (Å²) in [6.07, 6.45) is 12.1. The van der Waals surface area contributed by atoms with Crippen molar-refractivity contribution >= 4 is 0 Å². The maximum atomic E-state index is 6.68. The van der Waals surface area contributed by atoms with Crippen LogP contribution in [0.3, 0.4) is 0 Å². The molecule has 0 aromatic rings. The number of rotatable bonds is 1. The highest BCUT2D eigenvalue weighted by Gasteiger charge is 2.64. The van der Waals surface area contributed by atoms with Crippen LogP contribution in [0.15, 0.2) is 0 Å². The van der Waals surface area contributed by atoms with Gasteiger partial charge in [-0.15, -0.1) is 0 Å². The molecule has 2 atom stereocenters. The fourth-order valence-electron chi connectivity index (χ4n) is 5.53. The Balaban J connectivity index is 1.59. The molecule has 3 nitrogen and oxygen atoms in total. The summed E-state index contributed by atoms with van der Waals surface area (Å²) in [4.78, 5) is 12.0. The van der Waals surface area contributed by atoms with Crippen LogP contribution in [-0.2, 0) is 14.5 Å². The Labute approximate surface area is 128 Å². The van der Waals surface area contributed by atoms with E-state index in [1.54, 1.807) is 0 Å². The van der Waals surface area contributed by atoms with Gasteiger partial charge in [-0.2, -0.15) is 9.78 Å². The van der Waals surface area contributed by atoms with Crippen molar-refractivity contribution in [2.45, 2.75) is 89.6 Å². The minimum Gasteiger partial charge on any atom is -0.312 e. The van der Waals surface area contributed by atoms with E-state index in [1.807, 2.05) is 0 Å². The maximum Gasteiger partial charge on any atom is 0.210 e. The highest BCUT2D eigenvalue weighted by Crippen LogP contribution is 2.59. The molecule has 3 heteroatoms. The van der Waals surface area contributed by atoms with Gasteiger partial charge in [-0.1, -0.05) is 26.7 Å². The average Bonchev–Trinajstić information content (AvgIpc) is 2.81. The van der Waals surface area contributed by atoms with Gasteiger partial charge >= 0.3 is 0 Å². The van der Waals surface area contributed by atoms with Gasteiger partial charge in [0.25, 0.3) is 0 Å². The van der Waals surface area contributed by atoms with Gasteiger partial charge in [0.1, 0.15) is 0 Å². The van der Waals surface area contributed by atoms with Gasteiger partial charge in [-0.25, -0.2) is 0 Å². The van der Waals surface area contributed by atoms with E-state index < -0.39 is 11.6 Å². The van der Waals surface area contributed by atoms with E-state index in [1.165, 1.54) is 51.4 Å². The SMILES string of the molecule is CCC1CC2CC(C)CC(C1)C21OOC2(CCCCC2)O1. The zero-order chi connectivity index (χ0) is 14.5. The third-order valence-electron chi connectivity index (χ3n) is 6.61. The first kappa shape index (κ1) is 14.5. The highest BCUT2D eigenvalue weighted by atomic mass is 17.3. The first-order valence-corrected chi connectivity index (χ1v) is 9.23. The van der Waals surface area contributed by atoms with E-state index >= 15 is 0 Å². The topological polar surface area (TPSA) is 27.7 Å². The molecule has 1 aliphatic heterocycles. The van der Waals surface area contributed by atoms with Crippen molar-refractivity contribution in [1.82, 2.24) is 0 Å². The van der Waals surface area contributed by atoms with Gasteiger partial charge in [0.05, 0.1) is 0 Å². The lowest BCUT2D eigenvalue weighted by atomic mass is 9.60. The van der Waals surface area contributed by atoms with E-state index in [4.69, 9.17) is 14.5 Å². The molecule has 21 heavy (non-hydrogen) atoms. The van der Waals surface area contributed by atoms with Crippen LogP contribution in [-0.4, -0.2) is 11.6 Å². The molecular formula is C18H30O3. The van der Waals surface area contributed by atoms with Crippen LogP contribution in [0.1, 0.15) is 78.1 Å². The predicted molar refractivity (Wildman–Crippen MR) is 80.2 cm³/mol. The molecular weight excluding hydrogens is 264 g/mol. The summed E-state index contributed by atoms with van der Waals surface area (Å²) in [5.74, 6) is 1.91. The van der Waals surface area contributed by atoms with E-state index in [-0.39, 0.29) is 0 Å². The molecule has 1 saturated heterocycles. The lowest BCUT2D eigenvalue weighted by Crippen LogP contribution is -2.56. The van der Waals surface area contributed by atoms with Crippen molar-refractivity contribution in [2.75, 3.05) is 0 Å². The molecule has 2 spiro atoms. The van der Waals surface area contributed by atoms with Crippen molar-refractivity contribution < 1.29 is 14.5 Å². The summed E-state index contributed by atoms with van der Waals surface area (Å²) in [5.41, 5.74) is 0. The quantitative estimate of drug-likeness (QED) is 0.650. The zero-order valence-corrected chi connectivity index (χ0v) is 13.6. The molecule has 0 amide bonds. The van der Waals surface area contributed by atoms with Crippen LogP contribution in [0, 0.1) is 23.7 Å². The zero-order valence-electron chi connectivity index (χ0n) is 13.6. The van der Waals surface area contributed by atoms with Crippen LogP contribution >= 0.6 is 0 Å². The van der Waals surface area contributed by atoms with Crippen LogP contribution in [0.25, 0.3) is 0 Å². The second kappa shape index (κ2) is 5.21. The van der Waals surface area contributed by atoms with Gasteiger partial charge < -0.3 is 4.74 Å². The van der Waals surface area contributed by atoms with E-state index in [9.17, 15) is 0 Å². The largest absolute Gasteiger partial charge is 0.312 e. The molecule has 0 aromatic heterocycles. The van der Waals surface area contributed by atoms with Gasteiger partial charge in [-0.3, -0.25) is 0 Å². The Hall–Kier alpha value is -0.120. The van der Waals surface area contributed by atoms with Crippen LogP contribution in [0.2, 0.25) is 0 Å². The highest BCUT2D eigenvalue weighted by molar-refractivity contribution is 5.01. The van der Waals surface area contributed by atoms with Crippen molar-refractivity contribution in [1.29, 1.82) is 0 Å². The summed E-state index contributed by atoms with van der Waals surface area (Å²) in [5, 5.41) is 0. The minimum absolute atomic E-state index is 0.407. The van der Waals surface area contributed by atoms with Gasteiger partial charge in [0.15, 0.2) is 0 Å². The molecule has 2 bridgehead atoms. The molecule has 3 saturated carbocycles. The molecule has 1 heterocycles. The van der Waals surface area contributed by atoms with Gasteiger partial charge in [0, 0.05) is 24.7 Å². The van der Waals surface area contributed by atoms with Crippen molar-refractivity contribution in [3.8, 4) is 0 Å². The number of hydrogen-bond acceptors (Lipinski definition) is 3. The smallest absolute Gasteiger partial charge is 0.210 e. The summed E-state index contributed by atoms with van der Waals surface area (Å²) in [7, 11) is 0. The van der Waals surface area contributed by atoms with Gasteiger partial charge in [0.2, 0.25) is 11.6 Å². The summed E-state index contributed by atoms with van der Waals surface area (Å²) in [6.45, 7) is 4.72. The third-order valence-corrected chi connectivity index (χ3v) is 6.61. The fourth-order valence-corrected chi connectivity index (χ4v) is 5.53. The third kappa shape index (κ3) is 2.27. The molecule has 4 aliphatic rings. The van der Waals surface area contributed by atoms with Crippen LogP contribution in [0.4, 0.5) is 0 Å². The van der Waals surface area contributed by atoms with E-state index in [0.717, 1.165) is 24.7 Å². The Morgan fingerprint density at radius 1 is 0.905 bits per heavy atom. The second-order valence-corrected chi connectivity index (χ2v) is 8.18. The lowest BCUT2D eigenvalue weighted by Gasteiger charge is -2.52. The average molecular weight is 294 g/mol. The Morgan fingerprint density at radius 2 is 1.57 bits per heavy atom. The molecule has 0 radical (unpaired) electrons. The fraction of sp³-hybridized carbons (Fsp3) is 1.00. The standard InChI is InChI=1S/C18H30O3/c1-3-14-11-15-9-13(2)10-16(12-14)18(15)19-17(20-21-18)7-5-4-6-8-17/h13-16H,3-12H2,1-2H3. The maximum absolute atomic E-state index is 6.68. The lowest BCUT2D eigenvalue weighted by molar-refractivity contribution is -0.385.